The molecule has 0 spiro atoms. The molecule has 0 unspecified atom stereocenters. The van der Waals surface area contributed by atoms with E-state index < -0.39 is 11.8 Å². The highest BCUT2D eigenvalue weighted by atomic mass is 32.1. The molecule has 1 aromatic carbocycles. The van der Waals surface area contributed by atoms with Crippen molar-refractivity contribution in [3.05, 3.63) is 40.5 Å². The second-order valence-electron chi connectivity index (χ2n) is 5.35. The molecule has 1 fully saturated rings. The van der Waals surface area contributed by atoms with Crippen LogP contribution in [0.3, 0.4) is 0 Å². The number of carboxylic acid groups (broad SMARTS) is 1. The van der Waals surface area contributed by atoms with E-state index in [0.29, 0.717) is 35.0 Å². The number of rotatable bonds is 4. The van der Waals surface area contributed by atoms with Crippen LogP contribution in [0.5, 0.6) is 5.75 Å². The third-order valence-electron chi connectivity index (χ3n) is 3.73. The van der Waals surface area contributed by atoms with Gasteiger partial charge in [0.15, 0.2) is 0 Å². The number of hydrogen-bond donors (Lipinski definition) is 1. The lowest BCUT2D eigenvalue weighted by Gasteiger charge is -2.23. The minimum absolute atomic E-state index is 0.00879. The van der Waals surface area contributed by atoms with Crippen LogP contribution in [0.4, 0.5) is 4.39 Å². The predicted octanol–water partition coefficient (Wildman–Crippen LogP) is 3.68. The van der Waals surface area contributed by atoms with Crippen LogP contribution in [0, 0.1) is 17.1 Å². The molecule has 0 saturated carbocycles. The Morgan fingerprint density at radius 3 is 2.75 bits per heavy atom. The summed E-state index contributed by atoms with van der Waals surface area (Å²) in [7, 11) is 0. The Hall–Kier alpha value is -2.43. The number of ether oxygens (including phenoxy) is 2. The Morgan fingerprint density at radius 1 is 1.38 bits per heavy atom. The standard InChI is InChI=1S/C17H14FNO4S/c18-13-8-15(24-16(13)17(20)21)10-1-2-14(11(7-10)9-19)23-12-3-5-22-6-4-12/h1-2,7-8,12H,3-6H2,(H,20,21). The lowest BCUT2D eigenvalue weighted by molar-refractivity contribution is 0.0254. The first-order chi connectivity index (χ1) is 11.6. The van der Waals surface area contributed by atoms with Crippen LogP contribution in [-0.4, -0.2) is 30.4 Å². The van der Waals surface area contributed by atoms with Crippen molar-refractivity contribution in [1.82, 2.24) is 0 Å². The van der Waals surface area contributed by atoms with Crippen LogP contribution >= 0.6 is 11.3 Å². The summed E-state index contributed by atoms with van der Waals surface area (Å²) in [5.41, 5.74) is 0.923. The second-order valence-corrected chi connectivity index (χ2v) is 6.40. The van der Waals surface area contributed by atoms with E-state index in [-0.39, 0.29) is 11.0 Å². The molecule has 0 atom stereocenters. The van der Waals surface area contributed by atoms with Gasteiger partial charge in [0.25, 0.3) is 0 Å². The van der Waals surface area contributed by atoms with Gasteiger partial charge < -0.3 is 14.6 Å². The minimum Gasteiger partial charge on any atom is -0.489 e. The molecule has 1 aliphatic heterocycles. The van der Waals surface area contributed by atoms with Crippen LogP contribution in [0.2, 0.25) is 0 Å². The average molecular weight is 347 g/mol. The van der Waals surface area contributed by atoms with Crippen LogP contribution in [-0.2, 0) is 4.74 Å². The first-order valence-electron chi connectivity index (χ1n) is 7.40. The fourth-order valence-corrected chi connectivity index (χ4v) is 3.37. The molecule has 5 nitrogen and oxygen atoms in total. The Bertz CT molecular complexity index is 805. The van der Waals surface area contributed by atoms with Gasteiger partial charge >= 0.3 is 5.97 Å². The molecule has 1 saturated heterocycles. The molecule has 0 aliphatic carbocycles. The zero-order valence-electron chi connectivity index (χ0n) is 12.6. The third-order valence-corrected chi connectivity index (χ3v) is 4.87. The van der Waals surface area contributed by atoms with Crippen LogP contribution in [0.25, 0.3) is 10.4 Å². The SMILES string of the molecule is N#Cc1cc(-c2cc(F)c(C(=O)O)s2)ccc1OC1CCOCC1. The smallest absolute Gasteiger partial charge is 0.348 e. The van der Waals surface area contributed by atoms with E-state index in [1.54, 1.807) is 18.2 Å². The van der Waals surface area contributed by atoms with Gasteiger partial charge in [0.1, 0.15) is 28.6 Å². The number of aromatic carboxylic acids is 1. The molecular weight excluding hydrogens is 333 g/mol. The summed E-state index contributed by atoms with van der Waals surface area (Å²) in [4.78, 5) is 11.1. The molecule has 0 bridgehead atoms. The van der Waals surface area contributed by atoms with Gasteiger partial charge in [-0.15, -0.1) is 11.3 Å². The van der Waals surface area contributed by atoms with Crippen LogP contribution in [0.15, 0.2) is 24.3 Å². The maximum absolute atomic E-state index is 13.6. The summed E-state index contributed by atoms with van der Waals surface area (Å²) >= 11 is 0.840. The first-order valence-corrected chi connectivity index (χ1v) is 8.21. The molecule has 2 aromatic rings. The van der Waals surface area contributed by atoms with Gasteiger partial charge in [-0.2, -0.15) is 5.26 Å². The molecule has 1 aliphatic rings. The molecule has 24 heavy (non-hydrogen) atoms. The zero-order chi connectivity index (χ0) is 17.1. The van der Waals surface area contributed by atoms with E-state index in [1.165, 1.54) is 6.07 Å². The zero-order valence-corrected chi connectivity index (χ0v) is 13.4. The predicted molar refractivity (Wildman–Crippen MR) is 85.9 cm³/mol. The number of nitrogens with zero attached hydrogens (tertiary/aromatic N) is 1. The molecule has 1 aromatic heterocycles. The molecule has 3 rings (SSSR count). The van der Waals surface area contributed by atoms with Crippen LogP contribution in [0.1, 0.15) is 28.1 Å². The summed E-state index contributed by atoms with van der Waals surface area (Å²) in [6.45, 7) is 1.27. The molecule has 0 radical (unpaired) electrons. The van der Waals surface area contributed by atoms with Gasteiger partial charge in [0, 0.05) is 17.7 Å². The molecule has 0 amide bonds. The highest BCUT2D eigenvalue weighted by Gasteiger charge is 2.19. The number of hydrogen-bond acceptors (Lipinski definition) is 5. The Labute approximate surface area is 141 Å². The number of halogens is 1. The molecule has 7 heteroatoms. The Balaban J connectivity index is 1.87. The van der Waals surface area contributed by atoms with E-state index in [9.17, 15) is 14.4 Å². The van der Waals surface area contributed by atoms with Crippen molar-refractivity contribution in [2.45, 2.75) is 18.9 Å². The number of nitriles is 1. The monoisotopic (exact) mass is 347 g/mol. The highest BCUT2D eigenvalue weighted by molar-refractivity contribution is 7.17. The molecule has 2 heterocycles. The minimum atomic E-state index is -1.30. The fraction of sp³-hybridized carbons (Fsp3) is 0.294. The molecule has 124 valence electrons. The van der Waals surface area contributed by atoms with Gasteiger partial charge in [-0.25, -0.2) is 9.18 Å². The summed E-state index contributed by atoms with van der Waals surface area (Å²) < 4.78 is 24.8. The van der Waals surface area contributed by atoms with Gasteiger partial charge in [0.2, 0.25) is 0 Å². The van der Waals surface area contributed by atoms with Crippen molar-refractivity contribution in [2.75, 3.05) is 13.2 Å². The van der Waals surface area contributed by atoms with E-state index in [2.05, 4.69) is 6.07 Å². The fourth-order valence-electron chi connectivity index (χ4n) is 2.50. The number of thiophene rings is 1. The summed E-state index contributed by atoms with van der Waals surface area (Å²) in [5, 5.41) is 18.3. The van der Waals surface area contributed by atoms with Gasteiger partial charge in [0.05, 0.1) is 18.8 Å². The van der Waals surface area contributed by atoms with Crippen molar-refractivity contribution in [1.29, 1.82) is 5.26 Å². The quantitative estimate of drug-likeness (QED) is 0.912. The van der Waals surface area contributed by atoms with E-state index in [0.717, 1.165) is 24.2 Å². The highest BCUT2D eigenvalue weighted by Crippen LogP contribution is 2.34. The molecular formula is C17H14FNO4S. The number of carbonyl (C=O) groups is 1. The summed E-state index contributed by atoms with van der Waals surface area (Å²) in [6, 6.07) is 8.21. The molecule has 1 N–H and O–H groups in total. The Kier molecular flexibility index (Phi) is 4.79. The normalized spacial score (nSPS) is 15.0. The van der Waals surface area contributed by atoms with Crippen molar-refractivity contribution in [3.63, 3.8) is 0 Å². The third kappa shape index (κ3) is 3.40. The lowest BCUT2D eigenvalue weighted by atomic mass is 10.1. The van der Waals surface area contributed by atoms with E-state index in [4.69, 9.17) is 14.6 Å². The second kappa shape index (κ2) is 6.99. The van der Waals surface area contributed by atoms with Crippen molar-refractivity contribution >= 4 is 17.3 Å². The maximum Gasteiger partial charge on any atom is 0.348 e. The average Bonchev–Trinajstić information content (AvgIpc) is 2.98. The Morgan fingerprint density at radius 2 is 2.12 bits per heavy atom. The van der Waals surface area contributed by atoms with Crippen molar-refractivity contribution < 1.29 is 23.8 Å². The van der Waals surface area contributed by atoms with Crippen LogP contribution < -0.4 is 4.74 Å². The van der Waals surface area contributed by atoms with Crippen molar-refractivity contribution in [2.24, 2.45) is 0 Å². The van der Waals surface area contributed by atoms with Gasteiger partial charge in [-0.3, -0.25) is 0 Å². The topological polar surface area (TPSA) is 79.6 Å². The summed E-state index contributed by atoms with van der Waals surface area (Å²) in [5.74, 6) is -1.60. The lowest BCUT2D eigenvalue weighted by Crippen LogP contribution is -2.26. The van der Waals surface area contributed by atoms with Crippen molar-refractivity contribution in [3.8, 4) is 22.3 Å². The maximum atomic E-state index is 13.6. The summed E-state index contributed by atoms with van der Waals surface area (Å²) in [6.07, 6.45) is 1.55. The largest absolute Gasteiger partial charge is 0.489 e. The van der Waals surface area contributed by atoms with Gasteiger partial charge in [-0.05, 0) is 29.8 Å². The number of carboxylic acids is 1. The van der Waals surface area contributed by atoms with Gasteiger partial charge in [-0.1, -0.05) is 0 Å². The number of benzene rings is 1. The first kappa shape index (κ1) is 16.4. The van der Waals surface area contributed by atoms with E-state index >= 15 is 0 Å². The van der Waals surface area contributed by atoms with E-state index in [1.807, 2.05) is 0 Å².